The molecule has 0 fully saturated rings. The van der Waals surface area contributed by atoms with Crippen LogP contribution in [0.4, 0.5) is 5.69 Å². The van der Waals surface area contributed by atoms with Crippen molar-refractivity contribution >= 4 is 23.4 Å². The maximum absolute atomic E-state index is 12.2. The van der Waals surface area contributed by atoms with Crippen molar-refractivity contribution in [3.63, 3.8) is 0 Å². The first-order valence-electron chi connectivity index (χ1n) is 10.6. The molecular formula is C24H31NO4S. The lowest BCUT2D eigenvalue weighted by molar-refractivity contribution is -0.160. The van der Waals surface area contributed by atoms with Gasteiger partial charge in [-0.25, -0.2) is 4.79 Å². The maximum atomic E-state index is 12.2. The predicted octanol–water partition coefficient (Wildman–Crippen LogP) is 4.58. The van der Waals surface area contributed by atoms with Gasteiger partial charge in [-0.15, -0.1) is 11.8 Å². The van der Waals surface area contributed by atoms with E-state index in [9.17, 15) is 4.79 Å². The number of para-hydroxylation sites is 1. The van der Waals surface area contributed by atoms with Crippen molar-refractivity contribution in [3.8, 4) is 5.75 Å². The van der Waals surface area contributed by atoms with E-state index in [0.717, 1.165) is 30.2 Å². The Morgan fingerprint density at radius 3 is 2.63 bits per heavy atom. The Balaban J connectivity index is 1.50. The van der Waals surface area contributed by atoms with Crippen molar-refractivity contribution in [1.82, 2.24) is 0 Å². The Labute approximate surface area is 183 Å². The molecule has 30 heavy (non-hydrogen) atoms. The quantitative estimate of drug-likeness (QED) is 0.516. The highest BCUT2D eigenvalue weighted by Gasteiger charge is 2.22. The number of fused-ring (bicyclic) bond motifs is 1. The van der Waals surface area contributed by atoms with Gasteiger partial charge < -0.3 is 19.1 Å². The molecule has 1 aliphatic rings. The van der Waals surface area contributed by atoms with Gasteiger partial charge in [0.1, 0.15) is 12.4 Å². The number of thioether (sulfide) groups is 1. The van der Waals surface area contributed by atoms with Gasteiger partial charge in [0.05, 0.1) is 18.3 Å². The molecule has 0 radical (unpaired) electrons. The summed E-state index contributed by atoms with van der Waals surface area (Å²) in [6.07, 6.45) is -0.245. The Kier molecular flexibility index (Phi) is 8.46. The van der Waals surface area contributed by atoms with E-state index in [2.05, 4.69) is 29.2 Å². The van der Waals surface area contributed by atoms with E-state index >= 15 is 0 Å². The van der Waals surface area contributed by atoms with Crippen LogP contribution in [-0.2, 0) is 20.7 Å². The number of benzene rings is 2. The highest BCUT2D eigenvalue weighted by molar-refractivity contribution is 7.99. The van der Waals surface area contributed by atoms with Crippen LogP contribution < -0.4 is 9.64 Å². The van der Waals surface area contributed by atoms with Crippen LogP contribution >= 0.6 is 11.8 Å². The molecule has 0 saturated carbocycles. The summed E-state index contributed by atoms with van der Waals surface area (Å²) in [5, 5.41) is 0. The van der Waals surface area contributed by atoms with Gasteiger partial charge in [0.25, 0.3) is 0 Å². The standard InChI is InChI=1S/C24H31NO4S/c1-4-27-22(24(26)29-18(2)3)17-19-9-11-20(12-10-19)28-15-13-25-14-16-30-23-8-6-5-7-21(23)25/h5-12,18,22H,4,13-17H2,1-3H3. The number of hydrogen-bond donors (Lipinski definition) is 0. The second-order valence-electron chi connectivity index (χ2n) is 7.43. The van der Waals surface area contributed by atoms with E-state index in [1.165, 1.54) is 10.6 Å². The lowest BCUT2D eigenvalue weighted by atomic mass is 10.1. The second-order valence-corrected chi connectivity index (χ2v) is 8.57. The van der Waals surface area contributed by atoms with Crippen LogP contribution in [0.1, 0.15) is 26.3 Å². The smallest absolute Gasteiger partial charge is 0.335 e. The van der Waals surface area contributed by atoms with Crippen molar-refractivity contribution in [1.29, 1.82) is 0 Å². The molecule has 1 unspecified atom stereocenters. The molecule has 0 saturated heterocycles. The fraction of sp³-hybridized carbons (Fsp3) is 0.458. The number of rotatable bonds is 10. The van der Waals surface area contributed by atoms with Gasteiger partial charge in [0.2, 0.25) is 0 Å². The average Bonchev–Trinajstić information content (AvgIpc) is 2.74. The minimum atomic E-state index is -0.582. The molecule has 0 aliphatic carbocycles. The third-order valence-electron chi connectivity index (χ3n) is 4.78. The molecule has 5 nitrogen and oxygen atoms in total. The number of carbonyl (C=O) groups is 1. The molecule has 1 aliphatic heterocycles. The molecular weight excluding hydrogens is 398 g/mol. The first-order valence-corrected chi connectivity index (χ1v) is 11.6. The number of esters is 1. The Morgan fingerprint density at radius 1 is 1.13 bits per heavy atom. The molecule has 0 aromatic heterocycles. The Morgan fingerprint density at radius 2 is 1.90 bits per heavy atom. The van der Waals surface area contributed by atoms with Crippen molar-refractivity contribution < 1.29 is 19.0 Å². The summed E-state index contributed by atoms with van der Waals surface area (Å²) in [4.78, 5) is 15.9. The van der Waals surface area contributed by atoms with Gasteiger partial charge in [-0.1, -0.05) is 24.3 Å². The molecule has 3 rings (SSSR count). The zero-order valence-electron chi connectivity index (χ0n) is 18.0. The van der Waals surface area contributed by atoms with E-state index < -0.39 is 6.10 Å². The maximum Gasteiger partial charge on any atom is 0.335 e. The monoisotopic (exact) mass is 429 g/mol. The molecule has 1 atom stereocenters. The Hall–Kier alpha value is -2.18. The third kappa shape index (κ3) is 6.41. The molecule has 2 aromatic carbocycles. The SMILES string of the molecule is CCOC(Cc1ccc(OCCN2CCSc3ccccc32)cc1)C(=O)OC(C)C. The number of hydrogen-bond acceptors (Lipinski definition) is 6. The van der Waals surface area contributed by atoms with Crippen LogP contribution in [0.5, 0.6) is 5.75 Å². The van der Waals surface area contributed by atoms with Gasteiger partial charge >= 0.3 is 5.97 Å². The molecule has 1 heterocycles. The number of anilines is 1. The highest BCUT2D eigenvalue weighted by atomic mass is 32.2. The first-order chi connectivity index (χ1) is 14.6. The van der Waals surface area contributed by atoms with E-state index in [1.807, 2.05) is 56.8 Å². The third-order valence-corrected chi connectivity index (χ3v) is 5.82. The van der Waals surface area contributed by atoms with E-state index in [4.69, 9.17) is 14.2 Å². The van der Waals surface area contributed by atoms with E-state index in [1.54, 1.807) is 0 Å². The summed E-state index contributed by atoms with van der Waals surface area (Å²) < 4.78 is 16.8. The largest absolute Gasteiger partial charge is 0.492 e. The summed E-state index contributed by atoms with van der Waals surface area (Å²) in [5.41, 5.74) is 2.31. The van der Waals surface area contributed by atoms with Crippen LogP contribution in [0.3, 0.4) is 0 Å². The van der Waals surface area contributed by atoms with E-state index in [-0.39, 0.29) is 12.1 Å². The van der Waals surface area contributed by atoms with E-state index in [0.29, 0.717) is 19.6 Å². The minimum absolute atomic E-state index is 0.151. The van der Waals surface area contributed by atoms with Gasteiger partial charge in [0, 0.05) is 30.2 Å². The average molecular weight is 430 g/mol. The molecule has 0 bridgehead atoms. The van der Waals surface area contributed by atoms with Crippen LogP contribution in [-0.4, -0.2) is 50.2 Å². The van der Waals surface area contributed by atoms with Crippen molar-refractivity contribution in [2.24, 2.45) is 0 Å². The zero-order valence-corrected chi connectivity index (χ0v) is 18.8. The van der Waals surface area contributed by atoms with Crippen LogP contribution in [0.15, 0.2) is 53.4 Å². The Bertz CT molecular complexity index is 809. The summed E-state index contributed by atoms with van der Waals surface area (Å²) in [6.45, 7) is 8.55. The lowest BCUT2D eigenvalue weighted by Crippen LogP contribution is -2.33. The van der Waals surface area contributed by atoms with Crippen molar-refractivity contribution in [3.05, 3.63) is 54.1 Å². The fourth-order valence-electron chi connectivity index (χ4n) is 3.39. The van der Waals surface area contributed by atoms with Crippen molar-refractivity contribution in [2.75, 3.05) is 37.0 Å². The molecule has 0 amide bonds. The predicted molar refractivity (Wildman–Crippen MR) is 122 cm³/mol. The number of carbonyl (C=O) groups excluding carboxylic acids is 1. The topological polar surface area (TPSA) is 48.0 Å². The molecule has 6 heteroatoms. The number of ether oxygens (including phenoxy) is 3. The van der Waals surface area contributed by atoms with Crippen LogP contribution in [0, 0.1) is 0 Å². The van der Waals surface area contributed by atoms with Crippen LogP contribution in [0.2, 0.25) is 0 Å². The summed E-state index contributed by atoms with van der Waals surface area (Å²) in [7, 11) is 0. The summed E-state index contributed by atoms with van der Waals surface area (Å²) in [5.74, 6) is 1.62. The van der Waals surface area contributed by atoms with Gasteiger partial charge in [-0.2, -0.15) is 0 Å². The molecule has 162 valence electrons. The first kappa shape index (κ1) is 22.5. The molecule has 0 spiro atoms. The highest BCUT2D eigenvalue weighted by Crippen LogP contribution is 2.34. The molecule has 2 aromatic rings. The minimum Gasteiger partial charge on any atom is -0.492 e. The fourth-order valence-corrected chi connectivity index (χ4v) is 4.44. The second kappa shape index (κ2) is 11.3. The summed E-state index contributed by atoms with van der Waals surface area (Å²) >= 11 is 1.91. The normalized spacial score (nSPS) is 14.3. The van der Waals surface area contributed by atoms with Gasteiger partial charge in [-0.05, 0) is 50.6 Å². The zero-order chi connectivity index (χ0) is 21.3. The number of nitrogens with zero attached hydrogens (tertiary/aromatic N) is 1. The lowest BCUT2D eigenvalue weighted by Gasteiger charge is -2.30. The van der Waals surface area contributed by atoms with Crippen LogP contribution in [0.25, 0.3) is 0 Å². The molecule has 0 N–H and O–H groups in total. The summed E-state index contributed by atoms with van der Waals surface area (Å²) in [6, 6.07) is 16.4. The van der Waals surface area contributed by atoms with Crippen molar-refractivity contribution in [2.45, 2.75) is 44.3 Å². The van der Waals surface area contributed by atoms with Gasteiger partial charge in [0.15, 0.2) is 6.10 Å². The van der Waals surface area contributed by atoms with Gasteiger partial charge in [-0.3, -0.25) is 0 Å².